The van der Waals surface area contributed by atoms with Crippen molar-refractivity contribution in [3.63, 3.8) is 0 Å². The summed E-state index contributed by atoms with van der Waals surface area (Å²) in [7, 11) is 0. The van der Waals surface area contributed by atoms with Crippen LogP contribution in [-0.4, -0.2) is 16.8 Å². The van der Waals surface area contributed by atoms with Gasteiger partial charge in [-0.05, 0) is 55.4 Å². The average molecular weight is 380 g/mol. The second-order valence-corrected chi connectivity index (χ2v) is 7.14. The Kier molecular flexibility index (Phi) is 5.01. The number of fused-ring (bicyclic) bond motifs is 1. The van der Waals surface area contributed by atoms with E-state index in [4.69, 9.17) is 4.74 Å². The molecule has 28 heavy (non-hydrogen) atoms. The molecule has 8 heteroatoms. The Morgan fingerprint density at radius 1 is 1.11 bits per heavy atom. The molecule has 1 saturated carbocycles. The van der Waals surface area contributed by atoms with Crippen LogP contribution in [0.25, 0.3) is 0 Å². The fourth-order valence-corrected chi connectivity index (χ4v) is 3.45. The maximum atomic E-state index is 12.0. The van der Waals surface area contributed by atoms with Crippen molar-refractivity contribution >= 4 is 17.6 Å². The predicted octanol–water partition coefficient (Wildman–Crippen LogP) is 3.12. The number of carbonyl (C=O) groups is 2. The van der Waals surface area contributed by atoms with Gasteiger partial charge < -0.3 is 10.1 Å². The fourth-order valence-electron chi connectivity index (χ4n) is 3.45. The van der Waals surface area contributed by atoms with Crippen molar-refractivity contribution in [1.29, 1.82) is 0 Å². The maximum absolute atomic E-state index is 12.0. The standard InChI is InChI=1S/C20H20N4O4/c25-19(13-5-6-13)22-18-11-15(8-9-21-18)28-17-3-1-2-12-4-7-14(10-16(12)17)20(26)23-24-27/h1-3,8-9,11,13-14H,4-7,10H2,(H,21,22,25)(H,23,26,27). The normalized spacial score (nSPS) is 17.9. The number of aryl methyl sites for hydroxylation is 1. The van der Waals surface area contributed by atoms with Gasteiger partial charge in [0.2, 0.25) is 11.8 Å². The lowest BCUT2D eigenvalue weighted by Crippen LogP contribution is -2.31. The van der Waals surface area contributed by atoms with E-state index in [1.54, 1.807) is 18.3 Å². The van der Waals surface area contributed by atoms with Gasteiger partial charge in [-0.3, -0.25) is 9.59 Å². The minimum atomic E-state index is -0.371. The molecule has 0 aliphatic heterocycles. The zero-order chi connectivity index (χ0) is 19.5. The van der Waals surface area contributed by atoms with Crippen LogP contribution in [0.15, 0.2) is 41.8 Å². The van der Waals surface area contributed by atoms with Crippen LogP contribution in [0.5, 0.6) is 11.5 Å². The van der Waals surface area contributed by atoms with E-state index in [9.17, 15) is 14.5 Å². The third-order valence-electron chi connectivity index (χ3n) is 5.13. The van der Waals surface area contributed by atoms with Crippen molar-refractivity contribution in [3.05, 3.63) is 52.6 Å². The molecule has 0 bridgehead atoms. The van der Waals surface area contributed by atoms with E-state index in [0.29, 0.717) is 30.2 Å². The van der Waals surface area contributed by atoms with Gasteiger partial charge in [0.15, 0.2) is 0 Å². The number of nitrogens with zero attached hydrogens (tertiary/aromatic N) is 2. The summed E-state index contributed by atoms with van der Waals surface area (Å²) in [5.74, 6) is 1.05. The van der Waals surface area contributed by atoms with Crippen LogP contribution in [-0.2, 0) is 22.4 Å². The molecule has 2 aliphatic rings. The molecule has 2 N–H and O–H groups in total. The van der Waals surface area contributed by atoms with Gasteiger partial charge in [0.25, 0.3) is 0 Å². The number of anilines is 1. The van der Waals surface area contributed by atoms with Crippen molar-refractivity contribution < 1.29 is 14.3 Å². The smallest absolute Gasteiger partial charge is 0.246 e. The molecule has 0 radical (unpaired) electrons. The highest BCUT2D eigenvalue weighted by Crippen LogP contribution is 2.35. The Morgan fingerprint density at radius 2 is 1.96 bits per heavy atom. The van der Waals surface area contributed by atoms with E-state index in [2.05, 4.69) is 15.6 Å². The van der Waals surface area contributed by atoms with Crippen LogP contribution in [0.4, 0.5) is 5.82 Å². The number of aromatic nitrogens is 1. The number of nitroso groups, excluding NO2 is 1. The highest BCUT2D eigenvalue weighted by atomic mass is 16.5. The van der Waals surface area contributed by atoms with E-state index < -0.39 is 0 Å². The summed E-state index contributed by atoms with van der Waals surface area (Å²) >= 11 is 0. The van der Waals surface area contributed by atoms with Gasteiger partial charge in [0.1, 0.15) is 17.3 Å². The van der Waals surface area contributed by atoms with Crippen molar-refractivity contribution in [1.82, 2.24) is 10.4 Å². The zero-order valence-corrected chi connectivity index (χ0v) is 15.2. The second kappa shape index (κ2) is 7.75. The van der Waals surface area contributed by atoms with Crippen LogP contribution in [0.1, 0.15) is 30.4 Å². The summed E-state index contributed by atoms with van der Waals surface area (Å²) < 4.78 is 6.05. The number of carbonyl (C=O) groups excluding carboxylic acids is 2. The lowest BCUT2D eigenvalue weighted by Gasteiger charge is -2.24. The van der Waals surface area contributed by atoms with E-state index in [1.165, 1.54) is 0 Å². The summed E-state index contributed by atoms with van der Waals surface area (Å²) in [5, 5.41) is 5.29. The molecule has 2 aromatic rings. The van der Waals surface area contributed by atoms with E-state index in [0.717, 1.165) is 30.4 Å². The molecule has 0 spiro atoms. The number of rotatable bonds is 6. The molecule has 1 atom stereocenters. The number of amides is 2. The lowest BCUT2D eigenvalue weighted by molar-refractivity contribution is -0.125. The molecule has 1 aromatic heterocycles. The topological polar surface area (TPSA) is 110 Å². The van der Waals surface area contributed by atoms with Gasteiger partial charge in [0, 0.05) is 24.1 Å². The van der Waals surface area contributed by atoms with Crippen LogP contribution in [0, 0.1) is 16.7 Å². The molecule has 4 rings (SSSR count). The summed E-state index contributed by atoms with van der Waals surface area (Å²) in [6.07, 6.45) is 5.29. The van der Waals surface area contributed by atoms with Crippen molar-refractivity contribution in [2.75, 3.05) is 5.32 Å². The molecule has 8 nitrogen and oxygen atoms in total. The van der Waals surface area contributed by atoms with Gasteiger partial charge in [0.05, 0.1) is 5.29 Å². The molecule has 0 saturated heterocycles. The number of hydrogen-bond donors (Lipinski definition) is 2. The van der Waals surface area contributed by atoms with Crippen LogP contribution in [0.2, 0.25) is 0 Å². The third-order valence-corrected chi connectivity index (χ3v) is 5.13. The Morgan fingerprint density at radius 3 is 2.75 bits per heavy atom. The fraction of sp³-hybridized carbons (Fsp3) is 0.350. The van der Waals surface area contributed by atoms with Crippen LogP contribution in [0.3, 0.4) is 0 Å². The number of pyridine rings is 1. The molecule has 2 amide bonds. The molecule has 1 fully saturated rings. The Balaban J connectivity index is 1.52. The molecule has 2 aliphatic carbocycles. The zero-order valence-electron chi connectivity index (χ0n) is 15.2. The van der Waals surface area contributed by atoms with E-state index >= 15 is 0 Å². The molecular weight excluding hydrogens is 360 g/mol. The van der Waals surface area contributed by atoms with Gasteiger partial charge in [-0.1, -0.05) is 12.1 Å². The quantitative estimate of drug-likeness (QED) is 0.591. The predicted molar refractivity (Wildman–Crippen MR) is 102 cm³/mol. The number of nitrogens with one attached hydrogen (secondary N) is 2. The maximum Gasteiger partial charge on any atom is 0.246 e. The van der Waals surface area contributed by atoms with Crippen molar-refractivity contribution in [3.8, 4) is 11.5 Å². The highest BCUT2D eigenvalue weighted by Gasteiger charge is 2.30. The van der Waals surface area contributed by atoms with Gasteiger partial charge in [-0.2, -0.15) is 0 Å². The Bertz CT molecular complexity index is 926. The van der Waals surface area contributed by atoms with E-state index in [1.807, 2.05) is 23.6 Å². The summed E-state index contributed by atoms with van der Waals surface area (Å²) in [4.78, 5) is 38.4. The first-order valence-corrected chi connectivity index (χ1v) is 9.32. The SMILES string of the molecule is O=NNC(=O)C1CCc2cccc(Oc3ccnc(NC(=O)C4CC4)c3)c2C1. The van der Waals surface area contributed by atoms with Gasteiger partial charge in [-0.25, -0.2) is 10.4 Å². The van der Waals surface area contributed by atoms with Crippen molar-refractivity contribution in [2.24, 2.45) is 17.1 Å². The number of ether oxygens (including phenoxy) is 1. The first-order valence-electron chi connectivity index (χ1n) is 9.32. The lowest BCUT2D eigenvalue weighted by atomic mass is 9.83. The molecule has 1 aromatic carbocycles. The molecule has 1 unspecified atom stereocenters. The Labute approximate surface area is 161 Å². The average Bonchev–Trinajstić information content (AvgIpc) is 3.54. The molecular formula is C20H20N4O4. The minimum absolute atomic E-state index is 0.0145. The van der Waals surface area contributed by atoms with E-state index in [-0.39, 0.29) is 23.7 Å². The van der Waals surface area contributed by atoms with Gasteiger partial charge >= 0.3 is 0 Å². The molecule has 144 valence electrons. The van der Waals surface area contributed by atoms with Crippen LogP contribution < -0.4 is 15.5 Å². The van der Waals surface area contributed by atoms with Crippen LogP contribution >= 0.6 is 0 Å². The summed E-state index contributed by atoms with van der Waals surface area (Å²) in [6.45, 7) is 0. The highest BCUT2D eigenvalue weighted by molar-refractivity contribution is 5.93. The third kappa shape index (κ3) is 4.00. The van der Waals surface area contributed by atoms with Crippen molar-refractivity contribution in [2.45, 2.75) is 32.1 Å². The summed E-state index contributed by atoms with van der Waals surface area (Å²) in [5.41, 5.74) is 4.06. The number of hydrogen-bond acceptors (Lipinski definition) is 6. The first-order chi connectivity index (χ1) is 13.6. The summed E-state index contributed by atoms with van der Waals surface area (Å²) in [6, 6.07) is 9.18. The molecule has 1 heterocycles. The first kappa shape index (κ1) is 18.1. The Hall–Kier alpha value is -3.29. The second-order valence-electron chi connectivity index (χ2n) is 7.14. The number of benzene rings is 1. The van der Waals surface area contributed by atoms with Gasteiger partial charge in [-0.15, -0.1) is 4.91 Å². The minimum Gasteiger partial charge on any atom is -0.457 e. The largest absolute Gasteiger partial charge is 0.457 e. The monoisotopic (exact) mass is 380 g/mol.